The maximum Gasteiger partial charge on any atom is 0.416 e. The first-order valence-corrected chi connectivity index (χ1v) is 7.62. The number of carboxylic acid groups (broad SMARTS) is 1. The molecule has 1 aliphatic rings. The standard InChI is InChI=1S/C19H11F3O4/c20-19(21,22)13-4-1-10(2-5-13)14-8-12(18(23)24)7-11-3-6-15-17(16(11)14)26-9-25-15/h1-8H,9H2,(H,23,24). The van der Waals surface area contributed by atoms with Crippen LogP contribution in [0.25, 0.3) is 21.9 Å². The smallest absolute Gasteiger partial charge is 0.416 e. The molecule has 0 saturated heterocycles. The van der Waals surface area contributed by atoms with Crippen molar-refractivity contribution in [2.45, 2.75) is 6.18 Å². The summed E-state index contributed by atoms with van der Waals surface area (Å²) in [5.74, 6) is -0.166. The number of alkyl halides is 3. The van der Waals surface area contributed by atoms with Gasteiger partial charge in [0.15, 0.2) is 11.5 Å². The predicted molar refractivity (Wildman–Crippen MR) is 87.5 cm³/mol. The Morgan fingerprint density at radius 2 is 1.73 bits per heavy atom. The lowest BCUT2D eigenvalue weighted by Gasteiger charge is -2.13. The number of halogens is 3. The third kappa shape index (κ3) is 2.61. The van der Waals surface area contributed by atoms with Crippen molar-refractivity contribution >= 4 is 16.7 Å². The summed E-state index contributed by atoms with van der Waals surface area (Å²) in [6.07, 6.45) is -4.44. The molecule has 0 unspecified atom stereocenters. The average Bonchev–Trinajstić information content (AvgIpc) is 3.09. The molecule has 0 atom stereocenters. The van der Waals surface area contributed by atoms with Crippen LogP contribution in [0.15, 0.2) is 48.5 Å². The number of rotatable bonds is 2. The van der Waals surface area contributed by atoms with Crippen molar-refractivity contribution in [2.75, 3.05) is 6.79 Å². The van der Waals surface area contributed by atoms with E-state index in [1.807, 2.05) is 0 Å². The molecule has 1 heterocycles. The Kier molecular flexibility index (Phi) is 3.54. The summed E-state index contributed by atoms with van der Waals surface area (Å²) in [6, 6.07) is 10.9. The number of ether oxygens (including phenoxy) is 2. The Morgan fingerprint density at radius 3 is 2.38 bits per heavy atom. The van der Waals surface area contributed by atoms with E-state index in [0.29, 0.717) is 33.4 Å². The van der Waals surface area contributed by atoms with Crippen LogP contribution in [-0.4, -0.2) is 17.9 Å². The van der Waals surface area contributed by atoms with Crippen LogP contribution in [0, 0.1) is 0 Å². The normalized spacial score (nSPS) is 13.2. The number of hydrogen-bond donors (Lipinski definition) is 1. The summed E-state index contributed by atoms with van der Waals surface area (Å²) in [4.78, 5) is 11.4. The molecule has 0 saturated carbocycles. The SMILES string of the molecule is O=C(O)c1cc(-c2ccc(C(F)(F)F)cc2)c2c3c(ccc2c1)OCO3. The number of aromatic carboxylic acids is 1. The van der Waals surface area contributed by atoms with E-state index < -0.39 is 17.7 Å². The number of hydrogen-bond acceptors (Lipinski definition) is 3. The molecule has 132 valence electrons. The molecule has 0 radical (unpaired) electrons. The second-order valence-electron chi connectivity index (χ2n) is 5.80. The minimum atomic E-state index is -4.44. The molecule has 0 spiro atoms. The highest BCUT2D eigenvalue weighted by Gasteiger charge is 2.30. The van der Waals surface area contributed by atoms with Crippen molar-refractivity contribution in [1.82, 2.24) is 0 Å². The second-order valence-corrected chi connectivity index (χ2v) is 5.80. The summed E-state index contributed by atoms with van der Waals surface area (Å²) in [7, 11) is 0. The first-order valence-electron chi connectivity index (χ1n) is 7.62. The van der Waals surface area contributed by atoms with Gasteiger partial charge >= 0.3 is 12.1 Å². The van der Waals surface area contributed by atoms with Gasteiger partial charge in [-0.3, -0.25) is 0 Å². The third-order valence-corrected chi connectivity index (χ3v) is 4.22. The van der Waals surface area contributed by atoms with E-state index in [0.717, 1.165) is 12.1 Å². The van der Waals surface area contributed by atoms with Crippen LogP contribution in [-0.2, 0) is 6.18 Å². The van der Waals surface area contributed by atoms with Gasteiger partial charge in [-0.15, -0.1) is 0 Å². The first-order chi connectivity index (χ1) is 12.3. The van der Waals surface area contributed by atoms with Gasteiger partial charge in [-0.1, -0.05) is 18.2 Å². The number of fused-ring (bicyclic) bond motifs is 3. The van der Waals surface area contributed by atoms with Gasteiger partial charge < -0.3 is 14.6 Å². The Hall–Kier alpha value is -3.22. The van der Waals surface area contributed by atoms with Crippen LogP contribution < -0.4 is 9.47 Å². The van der Waals surface area contributed by atoms with Crippen LogP contribution in [0.3, 0.4) is 0 Å². The Balaban J connectivity index is 1.98. The van der Waals surface area contributed by atoms with Crippen molar-refractivity contribution in [3.63, 3.8) is 0 Å². The molecule has 0 amide bonds. The van der Waals surface area contributed by atoms with Crippen molar-refractivity contribution in [1.29, 1.82) is 0 Å². The fraction of sp³-hybridized carbons (Fsp3) is 0.105. The summed E-state index contributed by atoms with van der Waals surface area (Å²) in [5, 5.41) is 10.6. The highest BCUT2D eigenvalue weighted by Crippen LogP contribution is 2.44. The van der Waals surface area contributed by atoms with Gasteiger partial charge in [0.2, 0.25) is 6.79 Å². The molecule has 0 aliphatic carbocycles. The van der Waals surface area contributed by atoms with Gasteiger partial charge in [-0.05, 0) is 46.8 Å². The van der Waals surface area contributed by atoms with E-state index in [1.54, 1.807) is 12.1 Å². The van der Waals surface area contributed by atoms with E-state index in [1.165, 1.54) is 24.3 Å². The van der Waals surface area contributed by atoms with Gasteiger partial charge in [-0.2, -0.15) is 13.2 Å². The van der Waals surface area contributed by atoms with Crippen LogP contribution in [0.2, 0.25) is 0 Å². The van der Waals surface area contributed by atoms with Crippen molar-refractivity contribution in [2.24, 2.45) is 0 Å². The lowest BCUT2D eigenvalue weighted by atomic mass is 9.94. The summed E-state index contributed by atoms with van der Waals surface area (Å²) >= 11 is 0. The highest BCUT2D eigenvalue weighted by molar-refractivity contribution is 6.06. The van der Waals surface area contributed by atoms with E-state index in [4.69, 9.17) is 9.47 Å². The maximum atomic E-state index is 12.8. The molecular formula is C19H11F3O4. The van der Waals surface area contributed by atoms with Crippen LogP contribution >= 0.6 is 0 Å². The Labute approximate surface area is 145 Å². The minimum Gasteiger partial charge on any atom is -0.478 e. The summed E-state index contributed by atoms with van der Waals surface area (Å²) in [6.45, 7) is 0.0293. The molecule has 4 nitrogen and oxygen atoms in total. The second kappa shape index (κ2) is 5.66. The van der Waals surface area contributed by atoms with Gasteiger partial charge in [-0.25, -0.2) is 4.79 Å². The van der Waals surface area contributed by atoms with Crippen molar-refractivity contribution < 1.29 is 32.5 Å². The molecule has 3 aromatic rings. The quantitative estimate of drug-likeness (QED) is 0.702. The molecule has 26 heavy (non-hydrogen) atoms. The van der Waals surface area contributed by atoms with E-state index in [-0.39, 0.29) is 12.4 Å². The fourth-order valence-corrected chi connectivity index (χ4v) is 3.01. The monoisotopic (exact) mass is 360 g/mol. The number of carboxylic acids is 1. The summed E-state index contributed by atoms with van der Waals surface area (Å²) in [5.41, 5.74) is 0.182. The molecule has 1 N–H and O–H groups in total. The Bertz CT molecular complexity index is 1020. The predicted octanol–water partition coefficient (Wildman–Crippen LogP) is 4.95. The first kappa shape index (κ1) is 16.3. The lowest BCUT2D eigenvalue weighted by Crippen LogP contribution is -2.04. The van der Waals surface area contributed by atoms with Crippen LogP contribution in [0.1, 0.15) is 15.9 Å². The van der Waals surface area contributed by atoms with Gasteiger partial charge in [0.05, 0.1) is 11.1 Å². The third-order valence-electron chi connectivity index (χ3n) is 4.22. The molecule has 4 rings (SSSR count). The molecule has 0 aromatic heterocycles. The zero-order valence-electron chi connectivity index (χ0n) is 13.1. The number of benzene rings is 3. The molecule has 1 aliphatic heterocycles. The molecule has 7 heteroatoms. The average molecular weight is 360 g/mol. The van der Waals surface area contributed by atoms with Crippen molar-refractivity contribution in [3.8, 4) is 22.6 Å². The van der Waals surface area contributed by atoms with Gasteiger partial charge in [0, 0.05) is 5.39 Å². The molecule has 0 fully saturated rings. The Morgan fingerprint density at radius 1 is 1.00 bits per heavy atom. The topological polar surface area (TPSA) is 55.8 Å². The fourth-order valence-electron chi connectivity index (χ4n) is 3.01. The highest BCUT2D eigenvalue weighted by atomic mass is 19.4. The molecular weight excluding hydrogens is 349 g/mol. The maximum absolute atomic E-state index is 12.8. The number of carbonyl (C=O) groups is 1. The zero-order valence-corrected chi connectivity index (χ0v) is 13.1. The van der Waals surface area contributed by atoms with E-state index in [2.05, 4.69) is 0 Å². The van der Waals surface area contributed by atoms with Crippen LogP contribution in [0.4, 0.5) is 13.2 Å². The molecule has 3 aromatic carbocycles. The largest absolute Gasteiger partial charge is 0.478 e. The summed E-state index contributed by atoms with van der Waals surface area (Å²) < 4.78 is 49.3. The zero-order chi connectivity index (χ0) is 18.5. The van der Waals surface area contributed by atoms with Crippen LogP contribution in [0.5, 0.6) is 11.5 Å². The van der Waals surface area contributed by atoms with Crippen molar-refractivity contribution in [3.05, 3.63) is 59.7 Å². The lowest BCUT2D eigenvalue weighted by molar-refractivity contribution is -0.137. The minimum absolute atomic E-state index is 0.0293. The van der Waals surface area contributed by atoms with E-state index in [9.17, 15) is 23.1 Å². The van der Waals surface area contributed by atoms with Gasteiger partial charge in [0.25, 0.3) is 0 Å². The van der Waals surface area contributed by atoms with E-state index >= 15 is 0 Å². The molecule has 0 bridgehead atoms. The van der Waals surface area contributed by atoms with Gasteiger partial charge in [0.1, 0.15) is 0 Å².